The van der Waals surface area contributed by atoms with Crippen LogP contribution >= 0.6 is 24.0 Å². The highest BCUT2D eigenvalue weighted by Gasteiger charge is 2.42. The first-order chi connectivity index (χ1) is 12.7. The van der Waals surface area contributed by atoms with Crippen LogP contribution in [0.4, 0.5) is 4.39 Å². The number of hydrogen-bond donors (Lipinski definition) is 2. The van der Waals surface area contributed by atoms with Crippen molar-refractivity contribution in [2.45, 2.75) is 44.4 Å². The Balaban J connectivity index is 0.00000392. The third kappa shape index (κ3) is 6.28. The van der Waals surface area contributed by atoms with Crippen molar-refractivity contribution in [3.63, 3.8) is 0 Å². The molecule has 1 aliphatic heterocycles. The number of aryl methyl sites for hydroxylation is 1. The molecule has 28 heavy (non-hydrogen) atoms. The maximum atomic E-state index is 13.8. The van der Waals surface area contributed by atoms with E-state index >= 15 is 0 Å². The fourth-order valence-electron chi connectivity index (χ4n) is 3.10. The minimum absolute atomic E-state index is 0. The van der Waals surface area contributed by atoms with Gasteiger partial charge < -0.3 is 15.4 Å². The summed E-state index contributed by atoms with van der Waals surface area (Å²) in [4.78, 5) is 4.55. The largest absolute Gasteiger partial charge is 0.381 e. The van der Waals surface area contributed by atoms with Crippen LogP contribution in [-0.4, -0.2) is 51.7 Å². The molecule has 1 aromatic carbocycles. The average molecular weight is 527 g/mol. The number of halogens is 2. The van der Waals surface area contributed by atoms with Crippen molar-refractivity contribution in [3.8, 4) is 0 Å². The van der Waals surface area contributed by atoms with Gasteiger partial charge in [-0.2, -0.15) is 0 Å². The summed E-state index contributed by atoms with van der Waals surface area (Å²) in [6, 6.07) is 4.94. The van der Waals surface area contributed by atoms with Crippen LogP contribution < -0.4 is 10.6 Å². The van der Waals surface area contributed by atoms with E-state index < -0.39 is 14.6 Å². The molecule has 9 heteroatoms. The monoisotopic (exact) mass is 527 g/mol. The summed E-state index contributed by atoms with van der Waals surface area (Å²) in [6.45, 7) is 7.22. The first-order valence-corrected chi connectivity index (χ1v) is 11.2. The fraction of sp³-hybridized carbons (Fsp3) is 0.632. The van der Waals surface area contributed by atoms with Crippen LogP contribution in [-0.2, 0) is 14.6 Å². The van der Waals surface area contributed by atoms with Gasteiger partial charge in [0.05, 0.1) is 17.3 Å². The Morgan fingerprint density at radius 1 is 1.36 bits per heavy atom. The Morgan fingerprint density at radius 2 is 2.00 bits per heavy atom. The maximum Gasteiger partial charge on any atom is 0.191 e. The highest BCUT2D eigenvalue weighted by molar-refractivity contribution is 14.0. The molecule has 0 aromatic heterocycles. The van der Waals surface area contributed by atoms with Gasteiger partial charge in [0.1, 0.15) is 5.82 Å². The molecule has 1 saturated heterocycles. The number of nitrogens with zero attached hydrogens (tertiary/aromatic N) is 1. The van der Waals surface area contributed by atoms with Gasteiger partial charge in [-0.1, -0.05) is 12.1 Å². The highest BCUT2D eigenvalue weighted by Crippen LogP contribution is 2.29. The van der Waals surface area contributed by atoms with E-state index in [0.29, 0.717) is 44.1 Å². The van der Waals surface area contributed by atoms with Gasteiger partial charge in [0.2, 0.25) is 0 Å². The SMILES string of the molecule is CCNC(=NCC1(S(C)(=O)=O)CCOCC1)NC(C)c1ccc(C)c(F)c1.I. The number of nitrogens with one attached hydrogen (secondary N) is 2. The van der Waals surface area contributed by atoms with Crippen molar-refractivity contribution < 1.29 is 17.5 Å². The zero-order valence-electron chi connectivity index (χ0n) is 16.9. The van der Waals surface area contributed by atoms with Gasteiger partial charge in [0.25, 0.3) is 0 Å². The lowest BCUT2D eigenvalue weighted by Gasteiger charge is -2.34. The Morgan fingerprint density at radius 3 is 2.54 bits per heavy atom. The van der Waals surface area contributed by atoms with Crippen molar-refractivity contribution in [3.05, 3.63) is 35.1 Å². The van der Waals surface area contributed by atoms with Crippen molar-refractivity contribution in [1.82, 2.24) is 10.6 Å². The molecular weight excluding hydrogens is 496 g/mol. The molecule has 0 saturated carbocycles. The van der Waals surface area contributed by atoms with Crippen LogP contribution in [0.5, 0.6) is 0 Å². The smallest absolute Gasteiger partial charge is 0.191 e. The lowest BCUT2D eigenvalue weighted by atomic mass is 9.99. The first-order valence-electron chi connectivity index (χ1n) is 9.27. The molecule has 1 atom stereocenters. The van der Waals surface area contributed by atoms with Gasteiger partial charge in [0, 0.05) is 26.0 Å². The molecule has 0 radical (unpaired) electrons. The normalized spacial score (nSPS) is 18.1. The van der Waals surface area contributed by atoms with Crippen molar-refractivity contribution in [1.29, 1.82) is 0 Å². The molecule has 1 unspecified atom stereocenters. The number of ether oxygens (including phenoxy) is 1. The van der Waals surface area contributed by atoms with E-state index in [1.54, 1.807) is 13.0 Å². The molecule has 2 N–H and O–H groups in total. The summed E-state index contributed by atoms with van der Waals surface area (Å²) in [6.07, 6.45) is 2.15. The zero-order chi connectivity index (χ0) is 20.1. The standard InChI is InChI=1S/C19H30FN3O3S.HI/c1-5-21-18(23-15(3)16-7-6-14(2)17(20)12-16)22-13-19(27(4,24)25)8-10-26-11-9-19;/h6-7,12,15H,5,8-11,13H2,1-4H3,(H2,21,22,23);1H. The molecule has 1 aromatic rings. The Labute approximate surface area is 184 Å². The molecule has 2 rings (SSSR count). The number of benzene rings is 1. The number of rotatable bonds is 6. The summed E-state index contributed by atoms with van der Waals surface area (Å²) in [7, 11) is -3.28. The minimum Gasteiger partial charge on any atom is -0.381 e. The molecule has 1 fully saturated rings. The molecule has 6 nitrogen and oxygen atoms in total. The second-order valence-electron chi connectivity index (χ2n) is 7.14. The van der Waals surface area contributed by atoms with Crippen LogP contribution in [0, 0.1) is 12.7 Å². The lowest BCUT2D eigenvalue weighted by molar-refractivity contribution is 0.0768. The quantitative estimate of drug-likeness (QED) is 0.338. The van der Waals surface area contributed by atoms with Gasteiger partial charge in [-0.05, 0) is 50.8 Å². The predicted molar refractivity (Wildman–Crippen MR) is 122 cm³/mol. The molecule has 0 bridgehead atoms. The van der Waals surface area contributed by atoms with Crippen LogP contribution in [0.3, 0.4) is 0 Å². The van der Waals surface area contributed by atoms with E-state index in [4.69, 9.17) is 4.74 Å². The van der Waals surface area contributed by atoms with Crippen molar-refractivity contribution in [2.75, 3.05) is 32.6 Å². The number of sulfone groups is 1. The summed E-state index contributed by atoms with van der Waals surface area (Å²) in [5, 5.41) is 6.37. The Kier molecular flexibility index (Phi) is 9.61. The van der Waals surface area contributed by atoms with Gasteiger partial charge in [-0.3, -0.25) is 4.99 Å². The summed E-state index contributed by atoms with van der Waals surface area (Å²) in [5.74, 6) is 0.266. The molecule has 0 aliphatic carbocycles. The third-order valence-corrected chi connectivity index (χ3v) is 7.22. The zero-order valence-corrected chi connectivity index (χ0v) is 20.1. The van der Waals surface area contributed by atoms with Crippen LogP contribution in [0.25, 0.3) is 0 Å². The maximum absolute atomic E-state index is 13.8. The second kappa shape index (κ2) is 10.7. The van der Waals surface area contributed by atoms with Crippen molar-refractivity contribution in [2.24, 2.45) is 4.99 Å². The van der Waals surface area contributed by atoms with Gasteiger partial charge in [-0.15, -0.1) is 24.0 Å². The average Bonchev–Trinajstić information content (AvgIpc) is 2.62. The third-order valence-electron chi connectivity index (χ3n) is 5.11. The first kappa shape index (κ1) is 25.1. The molecule has 0 spiro atoms. The second-order valence-corrected chi connectivity index (χ2v) is 9.55. The molecule has 1 aliphatic rings. The topological polar surface area (TPSA) is 79.8 Å². The van der Waals surface area contributed by atoms with Crippen molar-refractivity contribution >= 4 is 39.8 Å². The number of aliphatic imine (C=N–C) groups is 1. The predicted octanol–water partition coefficient (Wildman–Crippen LogP) is 2.96. The molecule has 0 amide bonds. The van der Waals surface area contributed by atoms with Crippen LogP contribution in [0.1, 0.15) is 43.9 Å². The summed E-state index contributed by atoms with van der Waals surface area (Å²) < 4.78 is 43.1. The Bertz CT molecular complexity index is 781. The van der Waals surface area contributed by atoms with Gasteiger partial charge >= 0.3 is 0 Å². The molecule has 1 heterocycles. The lowest BCUT2D eigenvalue weighted by Crippen LogP contribution is -2.47. The van der Waals surface area contributed by atoms with Crippen LogP contribution in [0.15, 0.2) is 23.2 Å². The summed E-state index contributed by atoms with van der Waals surface area (Å²) in [5.41, 5.74) is 1.40. The van der Waals surface area contributed by atoms with Gasteiger partial charge in [0.15, 0.2) is 15.8 Å². The number of hydrogen-bond acceptors (Lipinski definition) is 4. The molecule has 160 valence electrons. The van der Waals surface area contributed by atoms with Crippen LogP contribution in [0.2, 0.25) is 0 Å². The highest BCUT2D eigenvalue weighted by atomic mass is 127. The minimum atomic E-state index is -3.28. The Hall–Kier alpha value is -0.940. The number of guanidine groups is 1. The van der Waals surface area contributed by atoms with E-state index in [-0.39, 0.29) is 42.4 Å². The van der Waals surface area contributed by atoms with Gasteiger partial charge in [-0.25, -0.2) is 12.8 Å². The van der Waals surface area contributed by atoms with E-state index in [1.807, 2.05) is 19.9 Å². The summed E-state index contributed by atoms with van der Waals surface area (Å²) >= 11 is 0. The van der Waals surface area contributed by atoms with E-state index in [1.165, 1.54) is 12.3 Å². The van der Waals surface area contributed by atoms with E-state index in [2.05, 4.69) is 15.6 Å². The molecular formula is C19H31FIN3O3S. The van der Waals surface area contributed by atoms with E-state index in [0.717, 1.165) is 5.56 Å². The fourth-order valence-corrected chi connectivity index (χ4v) is 4.31. The van der Waals surface area contributed by atoms with E-state index in [9.17, 15) is 12.8 Å².